The van der Waals surface area contributed by atoms with Gasteiger partial charge in [-0.3, -0.25) is 4.79 Å². The minimum Gasteiger partial charge on any atom is -0.508 e. The van der Waals surface area contributed by atoms with Crippen LogP contribution in [0, 0.1) is 0 Å². The number of carbonyl (C=O) groups excluding carboxylic acids is 1. The molecule has 0 fully saturated rings. The summed E-state index contributed by atoms with van der Waals surface area (Å²) in [4.78, 5) is 20.8. The van der Waals surface area contributed by atoms with Crippen molar-refractivity contribution in [2.24, 2.45) is 0 Å². The van der Waals surface area contributed by atoms with Crippen LogP contribution in [-0.4, -0.2) is 26.0 Å². The Morgan fingerprint density at radius 2 is 1.56 bits per heavy atom. The molecule has 0 spiro atoms. The average Bonchev–Trinajstić information content (AvgIpc) is 3.12. The largest absolute Gasteiger partial charge is 0.508 e. The van der Waals surface area contributed by atoms with Crippen molar-refractivity contribution in [2.75, 3.05) is 0 Å². The number of rotatable bonds is 4. The van der Waals surface area contributed by atoms with Gasteiger partial charge < -0.3 is 15.2 Å². The molecule has 1 heterocycles. The highest BCUT2D eigenvalue weighted by molar-refractivity contribution is 6.33. The Kier molecular flexibility index (Phi) is 4.18. The van der Waals surface area contributed by atoms with E-state index in [2.05, 4.69) is 9.97 Å². The van der Waals surface area contributed by atoms with Gasteiger partial charge in [-0.2, -0.15) is 0 Å². The first-order chi connectivity index (χ1) is 13.1. The van der Waals surface area contributed by atoms with Crippen LogP contribution in [0.5, 0.6) is 5.75 Å². The van der Waals surface area contributed by atoms with Crippen molar-refractivity contribution >= 4 is 28.1 Å². The van der Waals surface area contributed by atoms with Gasteiger partial charge in [-0.1, -0.05) is 54.6 Å². The number of hydrogen-bond donors (Lipinski definition) is 3. The second-order valence-electron chi connectivity index (χ2n) is 6.07. The Balaban J connectivity index is 1.94. The first-order valence-corrected chi connectivity index (χ1v) is 8.41. The van der Waals surface area contributed by atoms with E-state index in [1.807, 2.05) is 30.3 Å². The lowest BCUT2D eigenvalue weighted by Gasteiger charge is -2.09. The molecule has 1 aromatic heterocycles. The van der Waals surface area contributed by atoms with Crippen LogP contribution in [0.1, 0.15) is 21.7 Å². The van der Waals surface area contributed by atoms with Crippen molar-refractivity contribution < 1.29 is 15.0 Å². The summed E-state index contributed by atoms with van der Waals surface area (Å²) in [6.07, 6.45) is 0. The number of phenols is 1. The predicted molar refractivity (Wildman–Crippen MR) is 104 cm³/mol. The van der Waals surface area contributed by atoms with E-state index >= 15 is 0 Å². The molecule has 0 bridgehead atoms. The van der Waals surface area contributed by atoms with Gasteiger partial charge in [-0.05, 0) is 24.3 Å². The number of carbonyl (C=O) groups is 1. The van der Waals surface area contributed by atoms with E-state index in [-0.39, 0.29) is 28.7 Å². The molecule has 0 saturated carbocycles. The third-order valence-corrected chi connectivity index (χ3v) is 4.25. The zero-order valence-electron chi connectivity index (χ0n) is 14.3. The number of aromatic nitrogens is 2. The Morgan fingerprint density at radius 1 is 0.852 bits per heavy atom. The number of benzene rings is 3. The van der Waals surface area contributed by atoms with Gasteiger partial charge in [0.25, 0.3) is 0 Å². The van der Waals surface area contributed by atoms with Crippen LogP contribution in [-0.2, 0) is 0 Å². The fourth-order valence-electron chi connectivity index (χ4n) is 2.93. The van der Waals surface area contributed by atoms with Crippen molar-refractivity contribution in [1.82, 2.24) is 9.97 Å². The van der Waals surface area contributed by atoms with E-state index in [9.17, 15) is 15.0 Å². The number of aromatic hydroxyl groups is 1. The molecule has 0 aliphatic heterocycles. The third kappa shape index (κ3) is 3.18. The Hall–Kier alpha value is -3.86. The number of phenolic OH excluding ortho intramolecular Hbond substituents is 1. The minimum atomic E-state index is -0.365. The van der Waals surface area contributed by atoms with Crippen LogP contribution in [0.15, 0.2) is 78.9 Å². The van der Waals surface area contributed by atoms with E-state index in [0.29, 0.717) is 16.6 Å². The minimum absolute atomic E-state index is 0.00448. The van der Waals surface area contributed by atoms with Gasteiger partial charge >= 0.3 is 0 Å². The van der Waals surface area contributed by atoms with Gasteiger partial charge in [-0.15, -0.1) is 0 Å². The summed E-state index contributed by atoms with van der Waals surface area (Å²) < 4.78 is 0. The Bertz CT molecular complexity index is 1130. The summed E-state index contributed by atoms with van der Waals surface area (Å²) in [5.74, 6) is -0.352. The lowest BCUT2D eigenvalue weighted by atomic mass is 9.98. The number of Topliss-reactive ketones (excluding diaryl/α,β-unsaturated/α-hetero) is 1. The van der Waals surface area contributed by atoms with Gasteiger partial charge in [0.05, 0.1) is 11.0 Å². The van der Waals surface area contributed by atoms with E-state index < -0.39 is 0 Å². The third-order valence-electron chi connectivity index (χ3n) is 4.25. The summed E-state index contributed by atoms with van der Waals surface area (Å²) in [7, 11) is 0. The zero-order chi connectivity index (χ0) is 18.8. The molecule has 5 heteroatoms. The number of nitrogens with one attached hydrogen (secondary N) is 1. The maximum atomic E-state index is 13.2. The number of ketones is 1. The summed E-state index contributed by atoms with van der Waals surface area (Å²) in [5, 5.41) is 20.6. The molecule has 0 radical (unpaired) electrons. The topological polar surface area (TPSA) is 86.2 Å². The highest BCUT2D eigenvalue weighted by Gasteiger charge is 2.23. The first-order valence-electron chi connectivity index (χ1n) is 8.41. The molecule has 0 amide bonds. The van der Waals surface area contributed by atoms with E-state index in [1.165, 1.54) is 12.1 Å². The molecule has 4 rings (SSSR count). The molecule has 3 aromatic carbocycles. The van der Waals surface area contributed by atoms with Crippen LogP contribution in [0.3, 0.4) is 0 Å². The molecule has 132 valence electrons. The fraction of sp³-hybridized carbons (Fsp3) is 0. The van der Waals surface area contributed by atoms with Gasteiger partial charge in [0.1, 0.15) is 22.9 Å². The second-order valence-corrected chi connectivity index (χ2v) is 6.07. The number of nitrogens with zero attached hydrogens (tertiary/aromatic N) is 1. The quantitative estimate of drug-likeness (QED) is 0.284. The molecule has 3 N–H and O–H groups in total. The average molecular weight is 356 g/mol. The van der Waals surface area contributed by atoms with Gasteiger partial charge in [0.15, 0.2) is 0 Å². The maximum Gasteiger partial charge on any atom is 0.200 e. The molecular weight excluding hydrogens is 340 g/mol. The van der Waals surface area contributed by atoms with E-state index in [0.717, 1.165) is 5.52 Å². The Labute approximate surface area is 155 Å². The number of imidazole rings is 1. The molecule has 0 unspecified atom stereocenters. The van der Waals surface area contributed by atoms with Crippen LogP contribution in [0.2, 0.25) is 0 Å². The van der Waals surface area contributed by atoms with Crippen LogP contribution in [0.4, 0.5) is 0 Å². The molecule has 4 aromatic rings. The number of aliphatic hydroxyl groups excluding tert-OH is 1. The highest BCUT2D eigenvalue weighted by atomic mass is 16.3. The van der Waals surface area contributed by atoms with Gasteiger partial charge in [-0.25, -0.2) is 4.98 Å². The monoisotopic (exact) mass is 356 g/mol. The number of para-hydroxylation sites is 2. The predicted octanol–water partition coefficient (Wildman–Crippen LogP) is 4.58. The van der Waals surface area contributed by atoms with Gasteiger partial charge in [0.2, 0.25) is 5.78 Å². The number of hydrogen-bond acceptors (Lipinski definition) is 4. The zero-order valence-corrected chi connectivity index (χ0v) is 14.3. The number of aliphatic hydroxyl groups is 1. The maximum absolute atomic E-state index is 13.2. The van der Waals surface area contributed by atoms with Crippen molar-refractivity contribution in [3.63, 3.8) is 0 Å². The molecule has 0 atom stereocenters. The van der Waals surface area contributed by atoms with Crippen LogP contribution >= 0.6 is 0 Å². The second kappa shape index (κ2) is 6.80. The van der Waals surface area contributed by atoms with Crippen molar-refractivity contribution in [2.45, 2.75) is 0 Å². The van der Waals surface area contributed by atoms with E-state index in [1.54, 1.807) is 36.4 Å². The fourth-order valence-corrected chi connectivity index (χ4v) is 2.93. The molecule has 27 heavy (non-hydrogen) atoms. The SMILES string of the molecule is O=C(/C(=C(\O)c1cccc(O)c1)c1nc2ccccc2[nH]1)c1ccccc1. The van der Waals surface area contributed by atoms with Crippen molar-refractivity contribution in [1.29, 1.82) is 0 Å². The van der Waals surface area contributed by atoms with Crippen LogP contribution in [0.25, 0.3) is 22.4 Å². The highest BCUT2D eigenvalue weighted by Crippen LogP contribution is 2.29. The standard InChI is InChI=1S/C22H16N2O3/c25-16-10-6-9-15(13-16)21(27)19(20(26)14-7-2-1-3-8-14)22-23-17-11-4-5-12-18(17)24-22/h1-13,25,27H,(H,23,24)/b21-19+. The summed E-state index contributed by atoms with van der Waals surface area (Å²) in [6.45, 7) is 0. The van der Waals surface area contributed by atoms with Crippen LogP contribution < -0.4 is 0 Å². The number of aromatic amines is 1. The molecule has 0 aliphatic carbocycles. The number of allylic oxidation sites excluding steroid dienone is 1. The summed E-state index contributed by atoms with van der Waals surface area (Å²) >= 11 is 0. The summed E-state index contributed by atoms with van der Waals surface area (Å²) in [5.41, 5.74) is 2.25. The lowest BCUT2D eigenvalue weighted by Crippen LogP contribution is -2.07. The first kappa shape index (κ1) is 16.6. The summed E-state index contributed by atoms with van der Waals surface area (Å²) in [6, 6.07) is 22.2. The normalized spacial score (nSPS) is 12.0. The Morgan fingerprint density at radius 3 is 2.30 bits per heavy atom. The lowest BCUT2D eigenvalue weighted by molar-refractivity contribution is 0.105. The van der Waals surface area contributed by atoms with Crippen molar-refractivity contribution in [3.05, 3.63) is 95.8 Å². The van der Waals surface area contributed by atoms with Crippen molar-refractivity contribution in [3.8, 4) is 5.75 Å². The molecule has 0 aliphatic rings. The molecule has 5 nitrogen and oxygen atoms in total. The molecular formula is C22H16N2O3. The number of H-pyrrole nitrogens is 1. The molecule has 0 saturated heterocycles. The van der Waals surface area contributed by atoms with E-state index in [4.69, 9.17) is 0 Å². The number of fused-ring (bicyclic) bond motifs is 1. The smallest absolute Gasteiger partial charge is 0.200 e. The van der Waals surface area contributed by atoms with Gasteiger partial charge in [0, 0.05) is 11.1 Å².